The Kier molecular flexibility index (Phi) is 2.03. The Morgan fingerprint density at radius 2 is 2.30 bits per heavy atom. The van der Waals surface area contributed by atoms with Crippen molar-refractivity contribution in [2.24, 2.45) is 5.84 Å². The van der Waals surface area contributed by atoms with Crippen LogP contribution in [-0.2, 0) is 0 Å². The molecule has 0 radical (unpaired) electrons. The van der Waals surface area contributed by atoms with E-state index in [1.54, 1.807) is 6.07 Å². The highest BCUT2D eigenvalue weighted by Gasteiger charge is 1.95. The van der Waals surface area contributed by atoms with E-state index in [4.69, 9.17) is 17.4 Å². The predicted octanol–water partition coefficient (Wildman–Crippen LogP) is 0.724. The summed E-state index contributed by atoms with van der Waals surface area (Å²) in [5.41, 5.74) is 3.09. The van der Waals surface area contributed by atoms with E-state index >= 15 is 0 Å². The van der Waals surface area contributed by atoms with Crippen molar-refractivity contribution in [2.45, 2.75) is 6.92 Å². The molecule has 3 N–H and O–H groups in total. The van der Waals surface area contributed by atoms with Crippen molar-refractivity contribution in [3.8, 4) is 0 Å². The molecule has 1 rings (SSSR count). The third kappa shape index (κ3) is 1.55. The molecule has 0 saturated heterocycles. The number of anilines is 1. The maximum absolute atomic E-state index is 5.58. The average Bonchev–Trinajstić information content (AvgIpc) is 1.85. The van der Waals surface area contributed by atoms with Crippen molar-refractivity contribution >= 4 is 17.5 Å². The molecule has 4 nitrogen and oxygen atoms in total. The zero-order chi connectivity index (χ0) is 7.56. The molecule has 1 heterocycles. The second kappa shape index (κ2) is 2.81. The molecular weight excluding hydrogens is 152 g/mol. The normalized spacial score (nSPS) is 9.50. The minimum atomic E-state index is 0.338. The molecule has 0 aliphatic heterocycles. The predicted molar refractivity (Wildman–Crippen MR) is 39.6 cm³/mol. The van der Waals surface area contributed by atoms with E-state index < -0.39 is 0 Å². The fraction of sp³-hybridized carbons (Fsp3) is 0.200. The highest BCUT2D eigenvalue weighted by molar-refractivity contribution is 6.29. The smallest absolute Gasteiger partial charge is 0.238 e. The summed E-state index contributed by atoms with van der Waals surface area (Å²) in [4.78, 5) is 7.69. The van der Waals surface area contributed by atoms with Crippen molar-refractivity contribution in [2.75, 3.05) is 5.43 Å². The minimum Gasteiger partial charge on any atom is -0.292 e. The molecule has 0 aliphatic carbocycles. The van der Waals surface area contributed by atoms with Gasteiger partial charge in [-0.3, -0.25) is 5.43 Å². The van der Waals surface area contributed by atoms with Crippen LogP contribution in [0.4, 0.5) is 5.95 Å². The monoisotopic (exact) mass is 158 g/mol. The molecule has 0 spiro atoms. The van der Waals surface area contributed by atoms with Crippen LogP contribution in [0.25, 0.3) is 0 Å². The first kappa shape index (κ1) is 7.24. The van der Waals surface area contributed by atoms with Gasteiger partial charge in [0.25, 0.3) is 0 Å². The third-order valence-electron chi connectivity index (χ3n) is 0.952. The molecule has 0 aliphatic rings. The van der Waals surface area contributed by atoms with Gasteiger partial charge in [-0.1, -0.05) is 11.6 Å². The van der Waals surface area contributed by atoms with E-state index in [-0.39, 0.29) is 0 Å². The fourth-order valence-corrected chi connectivity index (χ4v) is 0.833. The summed E-state index contributed by atoms with van der Waals surface area (Å²) in [7, 11) is 0. The van der Waals surface area contributed by atoms with Gasteiger partial charge in [0.15, 0.2) is 0 Å². The number of hydrogen-bond donors (Lipinski definition) is 2. The molecule has 0 amide bonds. The van der Waals surface area contributed by atoms with Gasteiger partial charge in [-0.15, -0.1) is 0 Å². The first-order valence-electron chi connectivity index (χ1n) is 2.70. The quantitative estimate of drug-likeness (QED) is 0.359. The molecule has 0 saturated carbocycles. The van der Waals surface area contributed by atoms with Crippen LogP contribution in [-0.4, -0.2) is 9.97 Å². The molecule has 1 aromatic heterocycles. The molecule has 0 unspecified atom stereocenters. The molecule has 5 heteroatoms. The van der Waals surface area contributed by atoms with Crippen molar-refractivity contribution in [3.05, 3.63) is 16.9 Å². The van der Waals surface area contributed by atoms with Crippen molar-refractivity contribution in [3.63, 3.8) is 0 Å². The maximum Gasteiger partial charge on any atom is 0.238 e. The summed E-state index contributed by atoms with van der Waals surface area (Å²) < 4.78 is 0. The Hall–Kier alpha value is -0.870. The van der Waals surface area contributed by atoms with Gasteiger partial charge in [0.05, 0.1) is 0 Å². The van der Waals surface area contributed by atoms with Crippen molar-refractivity contribution < 1.29 is 0 Å². The van der Waals surface area contributed by atoms with Gasteiger partial charge in [0.2, 0.25) is 5.95 Å². The van der Waals surface area contributed by atoms with Crippen LogP contribution in [0.1, 0.15) is 5.69 Å². The summed E-state index contributed by atoms with van der Waals surface area (Å²) in [5, 5.41) is 0.389. The topological polar surface area (TPSA) is 63.8 Å². The fourth-order valence-electron chi connectivity index (χ4n) is 0.595. The Bertz CT molecular complexity index is 217. The lowest BCUT2D eigenvalue weighted by molar-refractivity contribution is 1.07. The van der Waals surface area contributed by atoms with Gasteiger partial charge in [-0.05, 0) is 13.0 Å². The van der Waals surface area contributed by atoms with E-state index in [1.165, 1.54) is 0 Å². The Morgan fingerprint density at radius 3 is 2.80 bits per heavy atom. The summed E-state index contributed by atoms with van der Waals surface area (Å²) in [6.45, 7) is 1.81. The van der Waals surface area contributed by atoms with Crippen LogP contribution in [0.5, 0.6) is 0 Å². The molecule has 0 atom stereocenters. The van der Waals surface area contributed by atoms with Crippen molar-refractivity contribution in [1.82, 2.24) is 9.97 Å². The number of aryl methyl sites for hydroxylation is 1. The lowest BCUT2D eigenvalue weighted by atomic mass is 10.5. The molecule has 10 heavy (non-hydrogen) atoms. The third-order valence-corrected chi connectivity index (χ3v) is 1.15. The second-order valence-electron chi connectivity index (χ2n) is 1.80. The zero-order valence-corrected chi connectivity index (χ0v) is 6.18. The van der Waals surface area contributed by atoms with Crippen molar-refractivity contribution in [1.29, 1.82) is 0 Å². The summed E-state index contributed by atoms with van der Waals surface area (Å²) >= 11 is 5.58. The van der Waals surface area contributed by atoms with E-state index in [1.807, 2.05) is 6.92 Å². The Morgan fingerprint density at radius 1 is 1.60 bits per heavy atom. The highest BCUT2D eigenvalue weighted by Crippen LogP contribution is 2.07. The molecule has 0 bridgehead atoms. The van der Waals surface area contributed by atoms with Gasteiger partial charge in [-0.25, -0.2) is 15.8 Å². The molecule has 0 fully saturated rings. The number of halogens is 1. The average molecular weight is 159 g/mol. The largest absolute Gasteiger partial charge is 0.292 e. The van der Waals surface area contributed by atoms with Gasteiger partial charge in [-0.2, -0.15) is 0 Å². The van der Waals surface area contributed by atoms with E-state index in [2.05, 4.69) is 15.4 Å². The number of nitrogens with two attached hydrogens (primary N) is 1. The van der Waals surface area contributed by atoms with Crippen LogP contribution >= 0.6 is 11.6 Å². The number of hydrazine groups is 1. The summed E-state index contributed by atoms with van der Waals surface area (Å²) in [6, 6.07) is 1.66. The summed E-state index contributed by atoms with van der Waals surface area (Å²) in [5.74, 6) is 5.39. The maximum atomic E-state index is 5.58. The van der Waals surface area contributed by atoms with Crippen LogP contribution < -0.4 is 11.3 Å². The second-order valence-corrected chi connectivity index (χ2v) is 2.19. The van der Waals surface area contributed by atoms with Crippen LogP contribution in [0, 0.1) is 6.92 Å². The number of nitrogens with one attached hydrogen (secondary N) is 1. The number of rotatable bonds is 1. The standard InChI is InChI=1S/C5H7ClN4/c1-3-2-4(6)9-5(8-3)10-7/h2H,7H2,1H3,(H,8,9,10). The van der Waals surface area contributed by atoms with Gasteiger partial charge in [0.1, 0.15) is 5.15 Å². The Balaban J connectivity index is 3.06. The lowest BCUT2D eigenvalue weighted by Crippen LogP contribution is -2.10. The minimum absolute atomic E-state index is 0.338. The number of aromatic nitrogens is 2. The van der Waals surface area contributed by atoms with Crippen LogP contribution in [0.3, 0.4) is 0 Å². The van der Waals surface area contributed by atoms with E-state index in [0.29, 0.717) is 11.1 Å². The van der Waals surface area contributed by atoms with Gasteiger partial charge in [0, 0.05) is 5.69 Å². The van der Waals surface area contributed by atoms with Gasteiger partial charge < -0.3 is 0 Å². The van der Waals surface area contributed by atoms with E-state index in [0.717, 1.165) is 5.69 Å². The van der Waals surface area contributed by atoms with Crippen LogP contribution in [0.15, 0.2) is 6.07 Å². The number of hydrogen-bond acceptors (Lipinski definition) is 4. The lowest BCUT2D eigenvalue weighted by Gasteiger charge is -1.98. The molecule has 0 aromatic carbocycles. The van der Waals surface area contributed by atoms with Crippen LogP contribution in [0.2, 0.25) is 5.15 Å². The first-order chi connectivity index (χ1) is 4.72. The molecule has 54 valence electrons. The number of nitrogens with zero attached hydrogens (tertiary/aromatic N) is 2. The first-order valence-corrected chi connectivity index (χ1v) is 3.08. The zero-order valence-electron chi connectivity index (χ0n) is 5.43. The number of nitrogen functional groups attached to an aromatic ring is 1. The SMILES string of the molecule is Cc1cc(Cl)nc(NN)n1. The summed E-state index contributed by atoms with van der Waals surface area (Å²) in [6.07, 6.45) is 0. The molecular formula is C5H7ClN4. The molecule has 1 aromatic rings. The Labute approximate surface area is 63.4 Å². The van der Waals surface area contributed by atoms with Gasteiger partial charge >= 0.3 is 0 Å². The van der Waals surface area contributed by atoms with E-state index in [9.17, 15) is 0 Å². The highest BCUT2D eigenvalue weighted by atomic mass is 35.5.